The third-order valence-electron chi connectivity index (χ3n) is 2.80. The average Bonchev–Trinajstić information content (AvgIpc) is 2.75. The molecule has 0 bridgehead atoms. The van der Waals surface area contributed by atoms with Gasteiger partial charge in [-0.25, -0.2) is 0 Å². The van der Waals surface area contributed by atoms with Crippen molar-refractivity contribution in [2.75, 3.05) is 19.9 Å². The van der Waals surface area contributed by atoms with E-state index in [1.165, 1.54) is 5.56 Å². The number of rotatable bonds is 6. The monoisotopic (exact) mass is 236 g/mol. The Bertz CT molecular complexity index is 366. The first-order chi connectivity index (χ1) is 8.25. The zero-order chi connectivity index (χ0) is 12.1. The van der Waals surface area contributed by atoms with Gasteiger partial charge in [0.2, 0.25) is 6.79 Å². The van der Waals surface area contributed by atoms with Gasteiger partial charge >= 0.3 is 0 Å². The summed E-state index contributed by atoms with van der Waals surface area (Å²) in [5, 5.41) is 3.38. The third kappa shape index (κ3) is 3.61. The van der Waals surface area contributed by atoms with E-state index in [2.05, 4.69) is 17.4 Å². The molecule has 2 rings (SSSR count). The fraction of sp³-hybridized carbons (Fsp3) is 0.538. The lowest BCUT2D eigenvalue weighted by Crippen LogP contribution is -2.25. The van der Waals surface area contributed by atoms with Gasteiger partial charge in [-0.05, 0) is 50.6 Å². The molecule has 1 aliphatic heterocycles. The fourth-order valence-corrected chi connectivity index (χ4v) is 1.78. The van der Waals surface area contributed by atoms with Gasteiger partial charge in [0.1, 0.15) is 0 Å². The molecule has 1 aromatic carbocycles. The zero-order valence-electron chi connectivity index (χ0n) is 10.2. The van der Waals surface area contributed by atoms with Gasteiger partial charge in [0.05, 0.1) is 0 Å². The van der Waals surface area contributed by atoms with Crippen LogP contribution in [0.3, 0.4) is 0 Å². The van der Waals surface area contributed by atoms with Gasteiger partial charge in [-0.3, -0.25) is 0 Å². The number of nitrogens with one attached hydrogen (secondary N) is 1. The molecule has 4 nitrogen and oxygen atoms in total. The van der Waals surface area contributed by atoms with Crippen LogP contribution in [0.1, 0.15) is 18.9 Å². The SMILES string of the molecule is CC(N)CCNCCc1ccc2c(c1)OCO2. The van der Waals surface area contributed by atoms with Crippen LogP contribution in [0, 0.1) is 0 Å². The van der Waals surface area contributed by atoms with Crippen LogP contribution in [-0.2, 0) is 6.42 Å². The number of benzene rings is 1. The molecule has 0 spiro atoms. The second-order valence-corrected chi connectivity index (χ2v) is 4.45. The molecule has 3 N–H and O–H groups in total. The van der Waals surface area contributed by atoms with Crippen LogP contribution in [0.4, 0.5) is 0 Å². The van der Waals surface area contributed by atoms with Crippen molar-refractivity contribution in [2.24, 2.45) is 5.73 Å². The molecular formula is C13H20N2O2. The molecule has 0 amide bonds. The Balaban J connectivity index is 1.72. The highest BCUT2D eigenvalue weighted by atomic mass is 16.7. The topological polar surface area (TPSA) is 56.5 Å². The first-order valence-corrected chi connectivity index (χ1v) is 6.10. The molecule has 0 radical (unpaired) electrons. The molecule has 17 heavy (non-hydrogen) atoms. The smallest absolute Gasteiger partial charge is 0.231 e. The maximum absolute atomic E-state index is 5.68. The van der Waals surface area contributed by atoms with Crippen LogP contribution in [0.2, 0.25) is 0 Å². The Kier molecular flexibility index (Phi) is 4.23. The normalized spacial score (nSPS) is 14.9. The van der Waals surface area contributed by atoms with Gasteiger partial charge in [-0.2, -0.15) is 0 Å². The quantitative estimate of drug-likeness (QED) is 0.731. The first kappa shape index (κ1) is 12.2. The standard InChI is InChI=1S/C13H20N2O2/c1-10(14)4-6-15-7-5-11-2-3-12-13(8-11)17-9-16-12/h2-3,8,10,15H,4-7,9,14H2,1H3. The highest BCUT2D eigenvalue weighted by Crippen LogP contribution is 2.32. The van der Waals surface area contributed by atoms with E-state index in [0.717, 1.165) is 37.4 Å². The van der Waals surface area contributed by atoms with Crippen LogP contribution in [0.5, 0.6) is 11.5 Å². The van der Waals surface area contributed by atoms with E-state index in [4.69, 9.17) is 15.2 Å². The van der Waals surface area contributed by atoms with Crippen molar-refractivity contribution >= 4 is 0 Å². The summed E-state index contributed by atoms with van der Waals surface area (Å²) >= 11 is 0. The maximum atomic E-state index is 5.68. The summed E-state index contributed by atoms with van der Waals surface area (Å²) in [4.78, 5) is 0. The Morgan fingerprint density at radius 2 is 2.12 bits per heavy atom. The van der Waals surface area contributed by atoms with Crippen molar-refractivity contribution < 1.29 is 9.47 Å². The van der Waals surface area contributed by atoms with Crippen LogP contribution in [0.25, 0.3) is 0 Å². The molecular weight excluding hydrogens is 216 g/mol. The van der Waals surface area contributed by atoms with Crippen LogP contribution in [-0.4, -0.2) is 25.9 Å². The minimum atomic E-state index is 0.271. The summed E-state index contributed by atoms with van der Waals surface area (Å²) in [6.07, 6.45) is 2.01. The lowest BCUT2D eigenvalue weighted by Gasteiger charge is -2.07. The summed E-state index contributed by atoms with van der Waals surface area (Å²) in [6.45, 7) is 4.31. The second kappa shape index (κ2) is 5.89. The number of hydrogen-bond donors (Lipinski definition) is 2. The van der Waals surface area contributed by atoms with Crippen molar-refractivity contribution in [3.63, 3.8) is 0 Å². The van der Waals surface area contributed by atoms with Gasteiger partial charge < -0.3 is 20.5 Å². The molecule has 1 atom stereocenters. The molecule has 0 saturated carbocycles. The minimum absolute atomic E-state index is 0.271. The number of nitrogens with two attached hydrogens (primary N) is 1. The van der Waals surface area contributed by atoms with E-state index >= 15 is 0 Å². The lowest BCUT2D eigenvalue weighted by atomic mass is 10.1. The predicted octanol–water partition coefficient (Wildman–Crippen LogP) is 1.28. The first-order valence-electron chi connectivity index (χ1n) is 6.10. The molecule has 1 aliphatic rings. The van der Waals surface area contributed by atoms with E-state index in [9.17, 15) is 0 Å². The highest BCUT2D eigenvalue weighted by Gasteiger charge is 2.12. The Morgan fingerprint density at radius 3 is 2.94 bits per heavy atom. The molecule has 1 unspecified atom stereocenters. The number of fused-ring (bicyclic) bond motifs is 1. The summed E-state index contributed by atoms with van der Waals surface area (Å²) in [5.41, 5.74) is 6.94. The largest absolute Gasteiger partial charge is 0.454 e. The van der Waals surface area contributed by atoms with E-state index < -0.39 is 0 Å². The van der Waals surface area contributed by atoms with Crippen molar-refractivity contribution in [3.05, 3.63) is 23.8 Å². The maximum Gasteiger partial charge on any atom is 0.231 e. The van der Waals surface area contributed by atoms with Crippen molar-refractivity contribution in [2.45, 2.75) is 25.8 Å². The van der Waals surface area contributed by atoms with Crippen LogP contribution < -0.4 is 20.5 Å². The number of ether oxygens (including phenoxy) is 2. The van der Waals surface area contributed by atoms with Gasteiger partial charge in [0.25, 0.3) is 0 Å². The Labute approximate surface area is 102 Å². The highest BCUT2D eigenvalue weighted by molar-refractivity contribution is 5.44. The number of hydrogen-bond acceptors (Lipinski definition) is 4. The van der Waals surface area contributed by atoms with Crippen LogP contribution >= 0.6 is 0 Å². The lowest BCUT2D eigenvalue weighted by molar-refractivity contribution is 0.174. The third-order valence-corrected chi connectivity index (χ3v) is 2.80. The molecule has 1 heterocycles. The molecule has 0 fully saturated rings. The predicted molar refractivity (Wildman–Crippen MR) is 67.4 cm³/mol. The Morgan fingerprint density at radius 1 is 1.29 bits per heavy atom. The molecule has 0 saturated heterocycles. The van der Waals surface area contributed by atoms with Crippen molar-refractivity contribution in [1.82, 2.24) is 5.32 Å². The van der Waals surface area contributed by atoms with Gasteiger partial charge in [0.15, 0.2) is 11.5 Å². The minimum Gasteiger partial charge on any atom is -0.454 e. The summed E-state index contributed by atoms with van der Waals surface area (Å²) in [5.74, 6) is 1.71. The zero-order valence-corrected chi connectivity index (χ0v) is 10.2. The van der Waals surface area contributed by atoms with Gasteiger partial charge in [-0.1, -0.05) is 6.07 Å². The second-order valence-electron chi connectivity index (χ2n) is 4.45. The Hall–Kier alpha value is -1.26. The van der Waals surface area contributed by atoms with E-state index in [-0.39, 0.29) is 6.04 Å². The van der Waals surface area contributed by atoms with Crippen molar-refractivity contribution in [3.8, 4) is 11.5 Å². The van der Waals surface area contributed by atoms with Gasteiger partial charge in [0, 0.05) is 6.04 Å². The van der Waals surface area contributed by atoms with E-state index in [1.54, 1.807) is 0 Å². The van der Waals surface area contributed by atoms with Gasteiger partial charge in [-0.15, -0.1) is 0 Å². The van der Waals surface area contributed by atoms with E-state index in [0.29, 0.717) is 6.79 Å². The van der Waals surface area contributed by atoms with Crippen LogP contribution in [0.15, 0.2) is 18.2 Å². The molecule has 0 aromatic heterocycles. The molecule has 1 aromatic rings. The molecule has 4 heteroatoms. The molecule has 0 aliphatic carbocycles. The summed E-state index contributed by atoms with van der Waals surface area (Å²) < 4.78 is 10.6. The molecule has 94 valence electrons. The summed E-state index contributed by atoms with van der Waals surface area (Å²) in [6, 6.07) is 6.38. The fourth-order valence-electron chi connectivity index (χ4n) is 1.78. The van der Waals surface area contributed by atoms with Crippen molar-refractivity contribution in [1.29, 1.82) is 0 Å². The summed E-state index contributed by atoms with van der Waals surface area (Å²) in [7, 11) is 0. The average molecular weight is 236 g/mol. The van der Waals surface area contributed by atoms with E-state index in [1.807, 2.05) is 13.0 Å².